The van der Waals surface area contributed by atoms with Crippen LogP contribution in [0, 0.1) is 11.8 Å². The topological polar surface area (TPSA) is 23.5 Å². The molecule has 2 heteroatoms. The van der Waals surface area contributed by atoms with E-state index in [1.807, 2.05) is 30.3 Å². The lowest BCUT2D eigenvalue weighted by Gasteiger charge is -2.42. The van der Waals surface area contributed by atoms with E-state index < -0.39 is 6.10 Å². The van der Waals surface area contributed by atoms with Crippen LogP contribution in [-0.2, 0) is 0 Å². The van der Waals surface area contributed by atoms with Gasteiger partial charge in [-0.15, -0.1) is 0 Å². The zero-order valence-corrected chi connectivity index (χ0v) is 14.0. The fourth-order valence-corrected chi connectivity index (χ4v) is 3.80. The summed E-state index contributed by atoms with van der Waals surface area (Å²) >= 11 is 0. The molecule has 118 valence electrons. The minimum atomic E-state index is -0.407. The fourth-order valence-electron chi connectivity index (χ4n) is 3.80. The van der Waals surface area contributed by atoms with Crippen molar-refractivity contribution in [3.63, 3.8) is 0 Å². The molecular weight excluding hydrogens is 258 g/mol. The lowest BCUT2D eigenvalue weighted by molar-refractivity contribution is 0.00269. The lowest BCUT2D eigenvalue weighted by Crippen LogP contribution is -2.47. The second-order valence-electron chi connectivity index (χ2n) is 7.17. The van der Waals surface area contributed by atoms with Crippen molar-refractivity contribution in [3.8, 4) is 0 Å². The highest BCUT2D eigenvalue weighted by molar-refractivity contribution is 5.19. The summed E-state index contributed by atoms with van der Waals surface area (Å²) in [6, 6.07) is 10.9. The second kappa shape index (κ2) is 7.42. The van der Waals surface area contributed by atoms with E-state index in [-0.39, 0.29) is 6.04 Å². The Morgan fingerprint density at radius 1 is 1.05 bits per heavy atom. The van der Waals surface area contributed by atoms with Crippen molar-refractivity contribution in [2.75, 3.05) is 7.05 Å². The van der Waals surface area contributed by atoms with Gasteiger partial charge in [-0.05, 0) is 50.1 Å². The molecular formula is C19H31NO. The van der Waals surface area contributed by atoms with Gasteiger partial charge in [-0.2, -0.15) is 0 Å². The Hall–Kier alpha value is -0.860. The Morgan fingerprint density at radius 2 is 1.62 bits per heavy atom. The number of benzene rings is 1. The maximum atomic E-state index is 10.9. The van der Waals surface area contributed by atoms with E-state index >= 15 is 0 Å². The second-order valence-corrected chi connectivity index (χ2v) is 7.17. The van der Waals surface area contributed by atoms with Gasteiger partial charge in [-0.1, -0.05) is 51.1 Å². The molecule has 1 aliphatic rings. The Morgan fingerprint density at radius 3 is 2.14 bits per heavy atom. The van der Waals surface area contributed by atoms with E-state index in [0.717, 1.165) is 11.5 Å². The Bertz CT molecular complexity index is 409. The molecule has 0 amide bonds. The summed E-state index contributed by atoms with van der Waals surface area (Å²) < 4.78 is 0. The largest absolute Gasteiger partial charge is 0.387 e. The van der Waals surface area contributed by atoms with Crippen LogP contribution in [0.3, 0.4) is 0 Å². The minimum absolute atomic E-state index is 0.186. The molecule has 0 aliphatic heterocycles. The smallest absolute Gasteiger partial charge is 0.0947 e. The SMILES string of the molecule is CC1CCC(N(C)C(C(C)C)C(O)c2ccccc2)CC1. The Balaban J connectivity index is 2.11. The number of hydrogen-bond donors (Lipinski definition) is 1. The van der Waals surface area contributed by atoms with Crippen LogP contribution in [-0.4, -0.2) is 29.1 Å². The van der Waals surface area contributed by atoms with Gasteiger partial charge in [0.05, 0.1) is 6.10 Å². The van der Waals surface area contributed by atoms with Crippen molar-refractivity contribution in [3.05, 3.63) is 35.9 Å². The van der Waals surface area contributed by atoms with Crippen LogP contribution < -0.4 is 0 Å². The molecule has 1 N–H and O–H groups in total. The van der Waals surface area contributed by atoms with Crippen LogP contribution in [0.15, 0.2) is 30.3 Å². The highest BCUT2D eigenvalue weighted by atomic mass is 16.3. The monoisotopic (exact) mass is 289 g/mol. The molecule has 21 heavy (non-hydrogen) atoms. The molecule has 1 fully saturated rings. The highest BCUT2D eigenvalue weighted by Crippen LogP contribution is 2.32. The summed E-state index contributed by atoms with van der Waals surface area (Å²) in [7, 11) is 2.21. The summed E-state index contributed by atoms with van der Waals surface area (Å²) in [4.78, 5) is 2.45. The number of hydrogen-bond acceptors (Lipinski definition) is 2. The van der Waals surface area contributed by atoms with E-state index in [1.54, 1.807) is 0 Å². The fraction of sp³-hybridized carbons (Fsp3) is 0.684. The average Bonchev–Trinajstić information content (AvgIpc) is 2.48. The van der Waals surface area contributed by atoms with E-state index in [9.17, 15) is 5.11 Å². The number of aliphatic hydroxyl groups is 1. The molecule has 1 aromatic rings. The third-order valence-electron chi connectivity index (χ3n) is 5.18. The Labute approximate surface area is 130 Å². The van der Waals surface area contributed by atoms with Crippen LogP contribution >= 0.6 is 0 Å². The van der Waals surface area contributed by atoms with Crippen LogP contribution in [0.2, 0.25) is 0 Å². The van der Waals surface area contributed by atoms with E-state index in [0.29, 0.717) is 12.0 Å². The molecule has 0 heterocycles. The number of rotatable bonds is 5. The van der Waals surface area contributed by atoms with Crippen molar-refractivity contribution < 1.29 is 5.11 Å². The summed E-state index contributed by atoms with van der Waals surface area (Å²) in [6.45, 7) is 6.80. The normalized spacial score (nSPS) is 26.0. The molecule has 2 nitrogen and oxygen atoms in total. The zero-order valence-electron chi connectivity index (χ0n) is 14.0. The van der Waals surface area contributed by atoms with Crippen LogP contribution in [0.5, 0.6) is 0 Å². The molecule has 0 saturated heterocycles. The first-order valence-electron chi connectivity index (χ1n) is 8.45. The van der Waals surface area contributed by atoms with Gasteiger partial charge in [0, 0.05) is 12.1 Å². The van der Waals surface area contributed by atoms with Gasteiger partial charge < -0.3 is 5.11 Å². The van der Waals surface area contributed by atoms with Crippen molar-refractivity contribution in [1.29, 1.82) is 0 Å². The zero-order chi connectivity index (χ0) is 15.4. The predicted octanol–water partition coefficient (Wildman–Crippen LogP) is 4.26. The van der Waals surface area contributed by atoms with Gasteiger partial charge in [0.1, 0.15) is 0 Å². The molecule has 2 atom stereocenters. The summed E-state index contributed by atoms with van der Waals surface area (Å²) in [5.74, 6) is 1.30. The van der Waals surface area contributed by atoms with E-state index in [4.69, 9.17) is 0 Å². The predicted molar refractivity (Wildman–Crippen MR) is 89.2 cm³/mol. The first-order chi connectivity index (χ1) is 10.0. The van der Waals surface area contributed by atoms with Gasteiger partial charge in [0.25, 0.3) is 0 Å². The average molecular weight is 289 g/mol. The van der Waals surface area contributed by atoms with Gasteiger partial charge >= 0.3 is 0 Å². The summed E-state index contributed by atoms with van der Waals surface area (Å²) in [5, 5.41) is 10.9. The summed E-state index contributed by atoms with van der Waals surface area (Å²) in [6.07, 6.45) is 4.77. The van der Waals surface area contributed by atoms with Crippen LogP contribution in [0.4, 0.5) is 0 Å². The van der Waals surface area contributed by atoms with Crippen molar-refractivity contribution in [2.45, 2.75) is 64.6 Å². The molecule has 1 saturated carbocycles. The van der Waals surface area contributed by atoms with Gasteiger partial charge in [-0.3, -0.25) is 4.90 Å². The first kappa shape index (κ1) is 16.5. The van der Waals surface area contributed by atoms with Gasteiger partial charge in [0.2, 0.25) is 0 Å². The van der Waals surface area contributed by atoms with E-state index in [2.05, 4.69) is 32.7 Å². The standard InChI is InChI=1S/C19H31NO/c1-14(2)18(19(21)16-8-6-5-7-9-16)20(4)17-12-10-15(3)11-13-17/h5-9,14-15,17-19,21H,10-13H2,1-4H3. The minimum Gasteiger partial charge on any atom is -0.387 e. The molecule has 0 spiro atoms. The van der Waals surface area contributed by atoms with Gasteiger partial charge in [0.15, 0.2) is 0 Å². The van der Waals surface area contributed by atoms with Crippen LogP contribution in [0.25, 0.3) is 0 Å². The molecule has 2 rings (SSSR count). The van der Waals surface area contributed by atoms with Gasteiger partial charge in [-0.25, -0.2) is 0 Å². The quantitative estimate of drug-likeness (QED) is 0.875. The molecule has 1 aromatic carbocycles. The maximum Gasteiger partial charge on any atom is 0.0947 e. The van der Waals surface area contributed by atoms with Crippen LogP contribution in [0.1, 0.15) is 58.1 Å². The van der Waals surface area contributed by atoms with Crippen molar-refractivity contribution in [2.24, 2.45) is 11.8 Å². The molecule has 0 bridgehead atoms. The first-order valence-corrected chi connectivity index (χ1v) is 8.45. The third-order valence-corrected chi connectivity index (χ3v) is 5.18. The molecule has 0 radical (unpaired) electrons. The maximum absolute atomic E-state index is 10.9. The molecule has 0 aromatic heterocycles. The Kier molecular flexibility index (Phi) is 5.83. The number of nitrogens with zero attached hydrogens (tertiary/aromatic N) is 1. The number of likely N-dealkylation sites (N-methyl/N-ethyl adjacent to an activating group) is 1. The van der Waals surface area contributed by atoms with E-state index in [1.165, 1.54) is 25.7 Å². The summed E-state index contributed by atoms with van der Waals surface area (Å²) in [5.41, 5.74) is 1.03. The highest BCUT2D eigenvalue weighted by Gasteiger charge is 2.33. The van der Waals surface area contributed by atoms with Crippen molar-refractivity contribution >= 4 is 0 Å². The molecule has 2 unspecified atom stereocenters. The third kappa shape index (κ3) is 4.08. The van der Waals surface area contributed by atoms with Crippen molar-refractivity contribution in [1.82, 2.24) is 4.90 Å². The number of aliphatic hydroxyl groups excluding tert-OH is 1. The lowest BCUT2D eigenvalue weighted by atomic mass is 9.84. The molecule has 1 aliphatic carbocycles.